The maximum Gasteiger partial charge on any atom is 0.240 e. The molecule has 5 heteroatoms. The van der Waals surface area contributed by atoms with E-state index in [1.165, 1.54) is 0 Å². The molecule has 116 valence electrons. The molecule has 0 bridgehead atoms. The zero-order valence-corrected chi connectivity index (χ0v) is 12.7. The van der Waals surface area contributed by atoms with Crippen LogP contribution < -0.4 is 11.1 Å². The standard InChI is InChI=1S/C15H28N2O3/c1-13(2)3-5-14(19,6-4-13)11-17-12(18)15(16)7-9-20-10-8-15/h19H,3-11,16H2,1-2H3,(H,17,18). The second-order valence-electron chi connectivity index (χ2n) is 7.34. The van der Waals surface area contributed by atoms with Gasteiger partial charge in [0.2, 0.25) is 5.91 Å². The molecule has 0 aromatic heterocycles. The smallest absolute Gasteiger partial charge is 0.240 e. The molecule has 2 fully saturated rings. The van der Waals surface area contributed by atoms with Crippen LogP contribution in [0.2, 0.25) is 0 Å². The fraction of sp³-hybridized carbons (Fsp3) is 0.933. The number of carbonyl (C=O) groups excluding carboxylic acids is 1. The summed E-state index contributed by atoms with van der Waals surface area (Å²) in [5, 5.41) is 13.4. The Morgan fingerprint density at radius 2 is 1.70 bits per heavy atom. The van der Waals surface area contributed by atoms with E-state index in [1.54, 1.807) is 0 Å². The van der Waals surface area contributed by atoms with Crippen molar-refractivity contribution in [2.24, 2.45) is 11.1 Å². The summed E-state index contributed by atoms with van der Waals surface area (Å²) in [6, 6.07) is 0. The minimum Gasteiger partial charge on any atom is -0.388 e. The van der Waals surface area contributed by atoms with Gasteiger partial charge in [0.25, 0.3) is 0 Å². The molecule has 4 N–H and O–H groups in total. The van der Waals surface area contributed by atoms with Crippen molar-refractivity contribution >= 4 is 5.91 Å². The van der Waals surface area contributed by atoms with E-state index in [1.807, 2.05) is 0 Å². The second kappa shape index (κ2) is 5.62. The van der Waals surface area contributed by atoms with E-state index < -0.39 is 11.1 Å². The first-order chi connectivity index (χ1) is 9.25. The highest BCUT2D eigenvalue weighted by atomic mass is 16.5. The lowest BCUT2D eigenvalue weighted by Crippen LogP contribution is -2.59. The molecule has 1 saturated heterocycles. The lowest BCUT2D eigenvalue weighted by molar-refractivity contribution is -0.131. The van der Waals surface area contributed by atoms with Crippen LogP contribution in [0.3, 0.4) is 0 Å². The van der Waals surface area contributed by atoms with E-state index in [0.717, 1.165) is 25.7 Å². The average molecular weight is 284 g/mol. The van der Waals surface area contributed by atoms with Crippen molar-refractivity contribution < 1.29 is 14.6 Å². The first-order valence-electron chi connectivity index (χ1n) is 7.62. The summed E-state index contributed by atoms with van der Waals surface area (Å²) in [6.07, 6.45) is 4.54. The summed E-state index contributed by atoms with van der Waals surface area (Å²) >= 11 is 0. The summed E-state index contributed by atoms with van der Waals surface area (Å²) in [7, 11) is 0. The summed E-state index contributed by atoms with van der Waals surface area (Å²) in [4.78, 5) is 12.2. The molecule has 0 atom stereocenters. The quantitative estimate of drug-likeness (QED) is 0.720. The monoisotopic (exact) mass is 284 g/mol. The van der Waals surface area contributed by atoms with Gasteiger partial charge in [-0.15, -0.1) is 0 Å². The van der Waals surface area contributed by atoms with Crippen LogP contribution in [0, 0.1) is 5.41 Å². The van der Waals surface area contributed by atoms with Gasteiger partial charge in [0.1, 0.15) is 0 Å². The summed E-state index contributed by atoms with van der Waals surface area (Å²) < 4.78 is 5.24. The lowest BCUT2D eigenvalue weighted by atomic mass is 9.71. The van der Waals surface area contributed by atoms with Gasteiger partial charge in [0.05, 0.1) is 11.1 Å². The van der Waals surface area contributed by atoms with Crippen LogP contribution in [0.5, 0.6) is 0 Å². The normalized spacial score (nSPS) is 27.8. The van der Waals surface area contributed by atoms with E-state index in [0.29, 0.717) is 38.0 Å². The number of hydrogen-bond acceptors (Lipinski definition) is 4. The molecule has 1 aliphatic heterocycles. The molecule has 1 amide bonds. The fourth-order valence-corrected chi connectivity index (χ4v) is 2.95. The van der Waals surface area contributed by atoms with Gasteiger partial charge in [-0.25, -0.2) is 0 Å². The van der Waals surface area contributed by atoms with Gasteiger partial charge in [0, 0.05) is 19.8 Å². The molecule has 2 rings (SSSR count). The third-order valence-corrected chi connectivity index (χ3v) is 4.95. The molecule has 0 aromatic carbocycles. The Balaban J connectivity index is 1.84. The first-order valence-corrected chi connectivity index (χ1v) is 7.62. The minimum atomic E-state index is -0.831. The zero-order chi connectivity index (χ0) is 14.9. The Bertz CT molecular complexity index is 352. The molecule has 0 radical (unpaired) electrons. The maximum absolute atomic E-state index is 12.2. The maximum atomic E-state index is 12.2. The summed E-state index contributed by atoms with van der Waals surface area (Å²) in [5.74, 6) is -0.154. The van der Waals surface area contributed by atoms with Crippen LogP contribution in [-0.4, -0.2) is 41.9 Å². The number of ether oxygens (including phenoxy) is 1. The van der Waals surface area contributed by atoms with Crippen molar-refractivity contribution in [2.45, 2.75) is 63.5 Å². The largest absolute Gasteiger partial charge is 0.388 e. The lowest BCUT2D eigenvalue weighted by Gasteiger charge is -2.41. The van der Waals surface area contributed by atoms with Gasteiger partial charge >= 0.3 is 0 Å². The Labute approximate surface area is 121 Å². The number of aliphatic hydroxyl groups is 1. The van der Waals surface area contributed by atoms with Gasteiger partial charge in [-0.1, -0.05) is 13.8 Å². The highest BCUT2D eigenvalue weighted by Crippen LogP contribution is 2.39. The highest BCUT2D eigenvalue weighted by Gasteiger charge is 2.40. The Morgan fingerprint density at radius 1 is 1.15 bits per heavy atom. The van der Waals surface area contributed by atoms with Crippen LogP contribution in [0.1, 0.15) is 52.4 Å². The molecule has 1 aliphatic carbocycles. The molecule has 0 unspecified atom stereocenters. The van der Waals surface area contributed by atoms with E-state index in [-0.39, 0.29) is 5.91 Å². The second-order valence-corrected chi connectivity index (χ2v) is 7.34. The van der Waals surface area contributed by atoms with E-state index in [9.17, 15) is 9.90 Å². The molecule has 5 nitrogen and oxygen atoms in total. The van der Waals surface area contributed by atoms with Crippen LogP contribution in [-0.2, 0) is 9.53 Å². The molecule has 20 heavy (non-hydrogen) atoms. The predicted octanol–water partition coefficient (Wildman–Crippen LogP) is 0.942. The molecule has 1 saturated carbocycles. The van der Waals surface area contributed by atoms with Gasteiger partial charge in [0.15, 0.2) is 0 Å². The number of carbonyl (C=O) groups is 1. The Hall–Kier alpha value is -0.650. The van der Waals surface area contributed by atoms with Crippen LogP contribution >= 0.6 is 0 Å². The molecule has 0 aromatic rings. The minimum absolute atomic E-state index is 0.154. The number of nitrogens with two attached hydrogens (primary N) is 1. The molecular weight excluding hydrogens is 256 g/mol. The van der Waals surface area contributed by atoms with Gasteiger partial charge in [-0.2, -0.15) is 0 Å². The SMILES string of the molecule is CC1(C)CCC(O)(CNC(=O)C2(N)CCOCC2)CC1. The molecular formula is C15H28N2O3. The molecule has 0 spiro atoms. The van der Waals surface area contributed by atoms with Crippen LogP contribution in [0.4, 0.5) is 0 Å². The average Bonchev–Trinajstić information content (AvgIpc) is 2.41. The molecule has 2 aliphatic rings. The first kappa shape index (κ1) is 15.7. The van der Waals surface area contributed by atoms with Crippen LogP contribution in [0.15, 0.2) is 0 Å². The van der Waals surface area contributed by atoms with Crippen molar-refractivity contribution in [3.05, 3.63) is 0 Å². The molecule has 1 heterocycles. The van der Waals surface area contributed by atoms with Crippen molar-refractivity contribution in [2.75, 3.05) is 19.8 Å². The van der Waals surface area contributed by atoms with Crippen molar-refractivity contribution in [1.29, 1.82) is 0 Å². The van der Waals surface area contributed by atoms with Gasteiger partial charge < -0.3 is 20.9 Å². The topological polar surface area (TPSA) is 84.6 Å². The third-order valence-electron chi connectivity index (χ3n) is 4.95. The third kappa shape index (κ3) is 3.71. The van der Waals surface area contributed by atoms with E-state index in [4.69, 9.17) is 10.5 Å². The number of amides is 1. The van der Waals surface area contributed by atoms with E-state index in [2.05, 4.69) is 19.2 Å². The van der Waals surface area contributed by atoms with Crippen molar-refractivity contribution in [3.8, 4) is 0 Å². The number of hydrogen-bond donors (Lipinski definition) is 3. The van der Waals surface area contributed by atoms with Gasteiger partial charge in [-0.3, -0.25) is 4.79 Å². The Morgan fingerprint density at radius 3 is 2.25 bits per heavy atom. The van der Waals surface area contributed by atoms with Crippen LogP contribution in [0.25, 0.3) is 0 Å². The van der Waals surface area contributed by atoms with Gasteiger partial charge in [-0.05, 0) is 43.9 Å². The summed E-state index contributed by atoms with van der Waals surface area (Å²) in [5.41, 5.74) is 4.83. The van der Waals surface area contributed by atoms with Crippen molar-refractivity contribution in [3.63, 3.8) is 0 Å². The van der Waals surface area contributed by atoms with Crippen molar-refractivity contribution in [1.82, 2.24) is 5.32 Å². The van der Waals surface area contributed by atoms with E-state index >= 15 is 0 Å². The number of nitrogens with one attached hydrogen (secondary N) is 1. The fourth-order valence-electron chi connectivity index (χ4n) is 2.95. The number of rotatable bonds is 3. The highest BCUT2D eigenvalue weighted by molar-refractivity contribution is 5.86. The predicted molar refractivity (Wildman–Crippen MR) is 77.2 cm³/mol. The summed E-state index contributed by atoms with van der Waals surface area (Å²) in [6.45, 7) is 5.82. The Kier molecular flexibility index (Phi) is 4.42. The zero-order valence-electron chi connectivity index (χ0n) is 12.7.